The molecule has 1 aromatic rings. The Morgan fingerprint density at radius 3 is 2.83 bits per heavy atom. The van der Waals surface area contributed by atoms with Crippen molar-refractivity contribution >= 4 is 0 Å². The third-order valence-electron chi connectivity index (χ3n) is 5.85. The Kier molecular flexibility index (Phi) is 3.20. The normalized spacial score (nSPS) is 33.3. The van der Waals surface area contributed by atoms with Crippen molar-refractivity contribution < 1.29 is 14.2 Å². The maximum atomic E-state index is 6.40. The van der Waals surface area contributed by atoms with Crippen LogP contribution in [0.3, 0.4) is 0 Å². The van der Waals surface area contributed by atoms with Gasteiger partial charge in [0.2, 0.25) is 0 Å². The van der Waals surface area contributed by atoms with Gasteiger partial charge in [0.25, 0.3) is 0 Å². The van der Waals surface area contributed by atoms with Gasteiger partial charge in [-0.3, -0.25) is 0 Å². The van der Waals surface area contributed by atoms with Gasteiger partial charge < -0.3 is 19.5 Å². The first-order valence-corrected chi connectivity index (χ1v) is 8.13. The number of nitrogens with one attached hydrogen (secondary N) is 1. The second kappa shape index (κ2) is 5.03. The van der Waals surface area contributed by atoms with E-state index in [-0.39, 0.29) is 11.5 Å². The lowest BCUT2D eigenvalue weighted by Gasteiger charge is -2.48. The maximum absolute atomic E-state index is 6.40. The van der Waals surface area contributed by atoms with Crippen molar-refractivity contribution in [2.24, 2.45) is 5.92 Å². The first kappa shape index (κ1) is 14.6. The van der Waals surface area contributed by atoms with Crippen LogP contribution in [0.25, 0.3) is 0 Å². The zero-order valence-electron chi connectivity index (χ0n) is 13.9. The smallest absolute Gasteiger partial charge is 0.169 e. The van der Waals surface area contributed by atoms with Gasteiger partial charge in [-0.2, -0.15) is 0 Å². The molecule has 0 aromatic heterocycles. The van der Waals surface area contributed by atoms with Crippen LogP contribution in [0.15, 0.2) is 36.6 Å². The van der Waals surface area contributed by atoms with E-state index in [1.165, 1.54) is 11.1 Å². The summed E-state index contributed by atoms with van der Waals surface area (Å²) in [6.07, 6.45) is 6.04. The number of hydrogen-bond acceptors (Lipinski definition) is 4. The topological polar surface area (TPSA) is 39.7 Å². The maximum Gasteiger partial charge on any atom is 0.169 e. The molecule has 0 saturated heterocycles. The fourth-order valence-electron chi connectivity index (χ4n) is 4.82. The van der Waals surface area contributed by atoms with Crippen LogP contribution in [0.1, 0.15) is 17.5 Å². The molecule has 4 atom stereocenters. The minimum Gasteiger partial charge on any atom is -0.497 e. The molecule has 4 nitrogen and oxygen atoms in total. The quantitative estimate of drug-likeness (QED) is 0.867. The molecule has 1 aromatic carbocycles. The molecular formula is C19H23NO3. The van der Waals surface area contributed by atoms with Gasteiger partial charge in [0.1, 0.15) is 5.76 Å². The van der Waals surface area contributed by atoms with Crippen molar-refractivity contribution in [3.8, 4) is 11.5 Å². The van der Waals surface area contributed by atoms with E-state index in [0.717, 1.165) is 30.1 Å². The van der Waals surface area contributed by atoms with Crippen LogP contribution in [-0.4, -0.2) is 33.4 Å². The van der Waals surface area contributed by atoms with Gasteiger partial charge >= 0.3 is 0 Å². The summed E-state index contributed by atoms with van der Waals surface area (Å²) >= 11 is 0. The minimum atomic E-state index is -0.259. The highest BCUT2D eigenvalue weighted by Gasteiger charge is 2.61. The third-order valence-corrected chi connectivity index (χ3v) is 5.85. The van der Waals surface area contributed by atoms with Crippen molar-refractivity contribution in [3.63, 3.8) is 0 Å². The molecule has 1 aliphatic heterocycles. The lowest BCUT2D eigenvalue weighted by atomic mass is 9.56. The molecule has 1 N–H and O–H groups in total. The molecule has 4 unspecified atom stereocenters. The van der Waals surface area contributed by atoms with E-state index in [9.17, 15) is 0 Å². The number of methoxy groups -OCH3 is 2. The monoisotopic (exact) mass is 313 g/mol. The lowest BCUT2D eigenvalue weighted by molar-refractivity contribution is 0.0677. The molecule has 1 heterocycles. The zero-order valence-corrected chi connectivity index (χ0v) is 13.9. The highest BCUT2D eigenvalue weighted by atomic mass is 16.6. The highest BCUT2D eigenvalue weighted by Crippen LogP contribution is 2.60. The van der Waals surface area contributed by atoms with Crippen LogP contribution in [0, 0.1) is 5.92 Å². The number of allylic oxidation sites excluding steroid dienone is 1. The summed E-state index contributed by atoms with van der Waals surface area (Å²) in [5.41, 5.74) is 2.30. The molecule has 0 bridgehead atoms. The van der Waals surface area contributed by atoms with E-state index in [2.05, 4.69) is 30.1 Å². The van der Waals surface area contributed by atoms with Crippen molar-refractivity contribution in [2.45, 2.75) is 30.4 Å². The van der Waals surface area contributed by atoms with Gasteiger partial charge in [0, 0.05) is 11.6 Å². The van der Waals surface area contributed by atoms with Crippen molar-refractivity contribution in [1.29, 1.82) is 0 Å². The van der Waals surface area contributed by atoms with Crippen molar-refractivity contribution in [1.82, 2.24) is 5.32 Å². The molecular weight excluding hydrogens is 290 g/mol. The molecule has 0 radical (unpaired) electrons. The molecule has 0 saturated carbocycles. The molecule has 2 aliphatic carbocycles. The van der Waals surface area contributed by atoms with Crippen molar-refractivity contribution in [3.05, 3.63) is 47.7 Å². The Balaban J connectivity index is 2.02. The second-order valence-electron chi connectivity index (χ2n) is 6.52. The summed E-state index contributed by atoms with van der Waals surface area (Å²) in [5, 5.41) is 3.50. The van der Waals surface area contributed by atoms with Crippen LogP contribution >= 0.6 is 0 Å². The summed E-state index contributed by atoms with van der Waals surface area (Å²) in [5.74, 6) is 2.94. The predicted octanol–water partition coefficient (Wildman–Crippen LogP) is 2.57. The summed E-state index contributed by atoms with van der Waals surface area (Å²) in [6.45, 7) is 4.20. The number of ether oxygens (including phenoxy) is 3. The van der Waals surface area contributed by atoms with Crippen molar-refractivity contribution in [2.75, 3.05) is 21.3 Å². The SMILES string of the molecule is C=CC12c3c4ccc(OC)c3OC1C(OC)=CCC2C(NC)C4. The molecule has 0 amide bonds. The average molecular weight is 313 g/mol. The van der Waals surface area contributed by atoms with E-state index in [0.29, 0.717) is 12.0 Å². The second-order valence-corrected chi connectivity index (χ2v) is 6.52. The van der Waals surface area contributed by atoms with E-state index in [4.69, 9.17) is 14.2 Å². The molecule has 0 fully saturated rings. The van der Waals surface area contributed by atoms with Gasteiger partial charge in [-0.25, -0.2) is 0 Å². The summed E-state index contributed by atoms with van der Waals surface area (Å²) in [4.78, 5) is 0. The zero-order chi connectivity index (χ0) is 16.2. The van der Waals surface area contributed by atoms with Gasteiger partial charge in [-0.15, -0.1) is 6.58 Å². The Morgan fingerprint density at radius 1 is 1.35 bits per heavy atom. The Hall–Kier alpha value is -1.94. The summed E-state index contributed by atoms with van der Waals surface area (Å²) < 4.78 is 17.6. The Bertz CT molecular complexity index is 696. The van der Waals surface area contributed by atoms with E-state index in [1.54, 1.807) is 14.2 Å². The van der Waals surface area contributed by atoms with Gasteiger partial charge in [-0.05, 0) is 43.5 Å². The Morgan fingerprint density at radius 2 is 2.17 bits per heavy atom. The largest absolute Gasteiger partial charge is 0.497 e. The van der Waals surface area contributed by atoms with Crippen LogP contribution < -0.4 is 14.8 Å². The molecule has 4 heteroatoms. The summed E-state index contributed by atoms with van der Waals surface area (Å²) in [6, 6.07) is 4.56. The first-order valence-electron chi connectivity index (χ1n) is 8.13. The van der Waals surface area contributed by atoms with E-state index < -0.39 is 0 Å². The van der Waals surface area contributed by atoms with Crippen LogP contribution in [0.5, 0.6) is 11.5 Å². The van der Waals surface area contributed by atoms with E-state index in [1.807, 2.05) is 13.1 Å². The number of likely N-dealkylation sites (N-methyl/N-ethyl adjacent to an activating group) is 1. The van der Waals surface area contributed by atoms with Gasteiger partial charge in [-0.1, -0.05) is 12.1 Å². The minimum absolute atomic E-state index is 0.162. The molecule has 4 rings (SSSR count). The average Bonchev–Trinajstić information content (AvgIpc) is 2.96. The van der Waals surface area contributed by atoms with Gasteiger partial charge in [0.05, 0.1) is 19.6 Å². The number of rotatable bonds is 4. The fourth-order valence-corrected chi connectivity index (χ4v) is 4.82. The lowest BCUT2D eigenvalue weighted by Crippen LogP contribution is -2.57. The highest BCUT2D eigenvalue weighted by molar-refractivity contribution is 5.63. The van der Waals surface area contributed by atoms with Crippen LogP contribution in [0.2, 0.25) is 0 Å². The van der Waals surface area contributed by atoms with Crippen LogP contribution in [-0.2, 0) is 16.6 Å². The standard InChI is InChI=1S/C19H23NO3/c1-5-19-12-7-9-15(22-4)18(19)23-17-14(21-3)8-6-11(16(17)19)10-13(12)20-2/h5-6,8-9,12-13,18,20H,1,7,10H2,2-4H3. The summed E-state index contributed by atoms with van der Waals surface area (Å²) in [7, 11) is 5.44. The number of hydrogen-bond donors (Lipinski definition) is 1. The predicted molar refractivity (Wildman–Crippen MR) is 89.0 cm³/mol. The number of benzene rings is 1. The Labute approximate surface area is 137 Å². The van der Waals surface area contributed by atoms with Gasteiger partial charge in [0.15, 0.2) is 17.6 Å². The molecule has 3 aliphatic rings. The fraction of sp³-hybridized carbons (Fsp3) is 0.474. The third kappa shape index (κ3) is 1.65. The molecule has 122 valence electrons. The molecule has 23 heavy (non-hydrogen) atoms. The molecule has 0 spiro atoms. The van der Waals surface area contributed by atoms with Crippen LogP contribution in [0.4, 0.5) is 0 Å². The first-order chi connectivity index (χ1) is 11.2. The van der Waals surface area contributed by atoms with E-state index >= 15 is 0 Å².